The van der Waals surface area contributed by atoms with Crippen molar-refractivity contribution in [2.75, 3.05) is 0 Å². The van der Waals surface area contributed by atoms with Crippen LogP contribution in [0.3, 0.4) is 0 Å². The summed E-state index contributed by atoms with van der Waals surface area (Å²) in [4.78, 5) is 0. The molecule has 0 amide bonds. The summed E-state index contributed by atoms with van der Waals surface area (Å²) in [6.45, 7) is 7.29. The molecule has 3 saturated carbocycles. The minimum absolute atomic E-state index is 1.03. The molecule has 0 aliphatic heterocycles. The molecule has 0 spiro atoms. The lowest BCUT2D eigenvalue weighted by atomic mass is 9.72. The van der Waals surface area contributed by atoms with E-state index in [1.54, 1.807) is 6.42 Å². The predicted molar refractivity (Wildman–Crippen MR) is 39.1 cm³/mol. The van der Waals surface area contributed by atoms with Gasteiger partial charge in [-0.25, -0.2) is 0 Å². The monoisotopic (exact) mass is 124 g/mol. The molecule has 52 valence electrons. The van der Waals surface area contributed by atoms with E-state index in [0.717, 1.165) is 29.6 Å². The second-order valence-corrected chi connectivity index (χ2v) is 4.14. The van der Waals surface area contributed by atoms with Crippen LogP contribution in [0.25, 0.3) is 0 Å². The average molecular weight is 124 g/mol. The third kappa shape index (κ3) is 0.500. The summed E-state index contributed by atoms with van der Waals surface area (Å²) in [6.07, 6.45) is 1.55. The Morgan fingerprint density at radius 1 is 0.778 bits per heavy atom. The zero-order valence-corrected chi connectivity index (χ0v) is 6.59. The number of hydrogen-bond donors (Lipinski definition) is 0. The third-order valence-corrected chi connectivity index (χ3v) is 4.08. The molecule has 3 aliphatic carbocycles. The number of rotatable bonds is 0. The summed E-state index contributed by atoms with van der Waals surface area (Å²) in [5, 5.41) is 0. The molecule has 3 fully saturated rings. The van der Waals surface area contributed by atoms with E-state index in [-0.39, 0.29) is 0 Å². The van der Waals surface area contributed by atoms with Crippen LogP contribution in [0.1, 0.15) is 27.2 Å². The molecule has 5 atom stereocenters. The molecule has 2 unspecified atom stereocenters. The predicted octanol–water partition coefficient (Wildman–Crippen LogP) is 2.54. The van der Waals surface area contributed by atoms with Crippen molar-refractivity contribution < 1.29 is 0 Å². The SMILES string of the molecule is CC1C2C[C@@H]1[C@@H](C)[C@H]2C. The van der Waals surface area contributed by atoms with E-state index in [0.29, 0.717) is 0 Å². The molecular formula is C9H16. The molecular weight excluding hydrogens is 108 g/mol. The van der Waals surface area contributed by atoms with Crippen LogP contribution in [0, 0.1) is 29.6 Å². The van der Waals surface area contributed by atoms with Gasteiger partial charge in [0.1, 0.15) is 0 Å². The van der Waals surface area contributed by atoms with E-state index in [1.807, 2.05) is 0 Å². The molecule has 0 aromatic heterocycles. The van der Waals surface area contributed by atoms with Crippen LogP contribution >= 0.6 is 0 Å². The summed E-state index contributed by atoms with van der Waals surface area (Å²) in [6, 6.07) is 0. The van der Waals surface area contributed by atoms with Crippen LogP contribution < -0.4 is 0 Å². The fourth-order valence-corrected chi connectivity index (χ4v) is 3.03. The van der Waals surface area contributed by atoms with Gasteiger partial charge in [-0.3, -0.25) is 0 Å². The fraction of sp³-hybridized carbons (Fsp3) is 1.00. The highest BCUT2D eigenvalue weighted by Gasteiger charge is 2.52. The fourth-order valence-electron chi connectivity index (χ4n) is 3.03. The van der Waals surface area contributed by atoms with Crippen molar-refractivity contribution >= 4 is 0 Å². The van der Waals surface area contributed by atoms with Crippen molar-refractivity contribution in [2.45, 2.75) is 27.2 Å². The van der Waals surface area contributed by atoms with E-state index in [1.165, 1.54) is 0 Å². The first-order valence-corrected chi connectivity index (χ1v) is 4.22. The quantitative estimate of drug-likeness (QED) is 0.465. The molecule has 0 heteroatoms. The number of fused-ring (bicyclic) bond motifs is 1. The maximum Gasteiger partial charge on any atom is -0.0354 e. The number of hydrogen-bond acceptors (Lipinski definition) is 0. The molecule has 0 radical (unpaired) electrons. The van der Waals surface area contributed by atoms with Gasteiger partial charge in [0.05, 0.1) is 0 Å². The van der Waals surface area contributed by atoms with Crippen LogP contribution in [-0.4, -0.2) is 0 Å². The lowest BCUT2D eigenvalue weighted by Crippen LogP contribution is -2.26. The minimum atomic E-state index is 1.03. The topological polar surface area (TPSA) is 0 Å². The maximum atomic E-state index is 2.43. The van der Waals surface area contributed by atoms with Gasteiger partial charge in [-0.15, -0.1) is 0 Å². The highest BCUT2D eigenvalue weighted by molar-refractivity contribution is 5.01. The van der Waals surface area contributed by atoms with Crippen molar-refractivity contribution in [3.63, 3.8) is 0 Å². The second-order valence-electron chi connectivity index (χ2n) is 4.14. The van der Waals surface area contributed by atoms with E-state index in [9.17, 15) is 0 Å². The van der Waals surface area contributed by atoms with Crippen LogP contribution in [-0.2, 0) is 0 Å². The lowest BCUT2D eigenvalue weighted by molar-refractivity contribution is 0.154. The van der Waals surface area contributed by atoms with Gasteiger partial charge in [-0.2, -0.15) is 0 Å². The summed E-state index contributed by atoms with van der Waals surface area (Å²) >= 11 is 0. The highest BCUT2D eigenvalue weighted by atomic mass is 14.6. The van der Waals surface area contributed by atoms with Crippen molar-refractivity contribution in [3.05, 3.63) is 0 Å². The van der Waals surface area contributed by atoms with Gasteiger partial charge in [0, 0.05) is 0 Å². The van der Waals surface area contributed by atoms with E-state index >= 15 is 0 Å². The van der Waals surface area contributed by atoms with Gasteiger partial charge in [-0.05, 0) is 36.0 Å². The van der Waals surface area contributed by atoms with Gasteiger partial charge in [0.2, 0.25) is 0 Å². The normalized spacial score (nSPS) is 63.7. The first-order valence-electron chi connectivity index (χ1n) is 4.22. The van der Waals surface area contributed by atoms with Crippen LogP contribution in [0.2, 0.25) is 0 Å². The van der Waals surface area contributed by atoms with Gasteiger partial charge in [0.15, 0.2) is 0 Å². The standard InChI is InChI=1S/C9H16/c1-5-6(2)9-4-8(5)7(9)3/h5-9H,4H2,1-3H3/t5-,6+,7?,8+,9?/m0/s1. The second kappa shape index (κ2) is 1.53. The van der Waals surface area contributed by atoms with E-state index in [4.69, 9.17) is 0 Å². The van der Waals surface area contributed by atoms with Gasteiger partial charge in [-0.1, -0.05) is 20.8 Å². The average Bonchev–Trinajstić information content (AvgIpc) is 2.18. The highest BCUT2D eigenvalue weighted by Crippen LogP contribution is 2.59. The Balaban J connectivity index is 2.18. The molecule has 0 N–H and O–H groups in total. The molecule has 3 aliphatic rings. The van der Waals surface area contributed by atoms with Crippen molar-refractivity contribution in [1.29, 1.82) is 0 Å². The first-order chi connectivity index (χ1) is 4.22. The van der Waals surface area contributed by atoms with Gasteiger partial charge in [0.25, 0.3) is 0 Å². The molecule has 9 heavy (non-hydrogen) atoms. The Bertz CT molecular complexity index is 110. The molecule has 0 heterocycles. The zero-order chi connectivity index (χ0) is 6.59. The van der Waals surface area contributed by atoms with E-state index in [2.05, 4.69) is 20.8 Å². The summed E-state index contributed by atoms with van der Waals surface area (Å²) in [5.41, 5.74) is 0. The molecule has 0 nitrogen and oxygen atoms in total. The first kappa shape index (κ1) is 5.76. The van der Waals surface area contributed by atoms with Gasteiger partial charge < -0.3 is 0 Å². The smallest absolute Gasteiger partial charge is 0.0354 e. The Morgan fingerprint density at radius 2 is 1.22 bits per heavy atom. The lowest BCUT2D eigenvalue weighted by Gasteiger charge is -2.33. The minimum Gasteiger partial charge on any atom is -0.0620 e. The van der Waals surface area contributed by atoms with E-state index < -0.39 is 0 Å². The maximum absolute atomic E-state index is 2.43. The van der Waals surface area contributed by atoms with Crippen molar-refractivity contribution in [2.24, 2.45) is 29.6 Å². The zero-order valence-electron chi connectivity index (χ0n) is 6.59. The summed E-state index contributed by atoms with van der Waals surface area (Å²) in [5.74, 6) is 5.33. The van der Waals surface area contributed by atoms with Crippen LogP contribution in [0.5, 0.6) is 0 Å². The molecule has 0 aromatic carbocycles. The Kier molecular flexibility index (Phi) is 0.980. The Morgan fingerprint density at radius 3 is 1.33 bits per heavy atom. The van der Waals surface area contributed by atoms with Crippen molar-refractivity contribution in [3.8, 4) is 0 Å². The molecule has 2 bridgehead atoms. The van der Waals surface area contributed by atoms with Crippen LogP contribution in [0.4, 0.5) is 0 Å². The molecule has 3 rings (SSSR count). The van der Waals surface area contributed by atoms with Crippen LogP contribution in [0.15, 0.2) is 0 Å². The molecule has 0 saturated heterocycles. The largest absolute Gasteiger partial charge is 0.0620 e. The third-order valence-electron chi connectivity index (χ3n) is 4.08. The summed E-state index contributed by atoms with van der Waals surface area (Å²) in [7, 11) is 0. The Labute approximate surface area is 57.6 Å². The summed E-state index contributed by atoms with van der Waals surface area (Å²) < 4.78 is 0. The molecule has 0 aromatic rings. The van der Waals surface area contributed by atoms with Gasteiger partial charge >= 0.3 is 0 Å². The van der Waals surface area contributed by atoms with Crippen molar-refractivity contribution in [1.82, 2.24) is 0 Å². The Hall–Kier alpha value is 0.